The van der Waals surface area contributed by atoms with Crippen LogP contribution >= 0.6 is 0 Å². The molecule has 0 saturated carbocycles. The number of hydrogen-bond donors (Lipinski definition) is 0. The second-order valence-electron chi connectivity index (χ2n) is 5.05. The van der Waals surface area contributed by atoms with E-state index in [1.54, 1.807) is 6.07 Å². The van der Waals surface area contributed by atoms with E-state index in [4.69, 9.17) is 4.74 Å². The maximum atomic E-state index is 12.5. The number of rotatable bonds is 8. The average Bonchev–Trinajstić information content (AvgIpc) is 2.45. The van der Waals surface area contributed by atoms with E-state index in [2.05, 4.69) is 26.0 Å². The molecule has 0 amide bonds. The first-order chi connectivity index (χ1) is 9.97. The Hall–Kier alpha value is -1.45. The minimum atomic E-state index is -4.33. The van der Waals surface area contributed by atoms with Gasteiger partial charge < -0.3 is 4.74 Å². The van der Waals surface area contributed by atoms with Crippen molar-refractivity contribution in [3.8, 4) is 5.75 Å². The molecule has 1 aromatic carbocycles. The van der Waals surface area contributed by atoms with E-state index in [0.717, 1.165) is 25.0 Å². The van der Waals surface area contributed by atoms with Crippen molar-refractivity contribution in [2.45, 2.75) is 45.7 Å². The Morgan fingerprint density at radius 2 is 2.00 bits per heavy atom. The quantitative estimate of drug-likeness (QED) is 0.432. The van der Waals surface area contributed by atoms with E-state index >= 15 is 0 Å². The Morgan fingerprint density at radius 3 is 2.62 bits per heavy atom. The Bertz CT molecular complexity index is 438. The van der Waals surface area contributed by atoms with Gasteiger partial charge in [-0.25, -0.2) is 0 Å². The molecule has 0 aliphatic carbocycles. The lowest BCUT2D eigenvalue weighted by molar-refractivity contribution is -0.137. The van der Waals surface area contributed by atoms with Crippen LogP contribution in [0.1, 0.15) is 45.1 Å². The molecule has 1 nitrogen and oxygen atoms in total. The van der Waals surface area contributed by atoms with Crippen LogP contribution in [0.4, 0.5) is 13.2 Å². The van der Waals surface area contributed by atoms with E-state index < -0.39 is 11.7 Å². The number of hydrogen-bond acceptors (Lipinski definition) is 1. The van der Waals surface area contributed by atoms with Crippen LogP contribution in [0.5, 0.6) is 5.75 Å². The van der Waals surface area contributed by atoms with Gasteiger partial charge in [0, 0.05) is 0 Å². The summed E-state index contributed by atoms with van der Waals surface area (Å²) >= 11 is 0. The Kier molecular flexibility index (Phi) is 7.34. The maximum Gasteiger partial charge on any atom is 0.416 e. The second-order valence-corrected chi connectivity index (χ2v) is 5.05. The van der Waals surface area contributed by atoms with E-state index in [9.17, 15) is 13.2 Å². The molecule has 1 aromatic rings. The molecular formula is C17H23F3O. The Balaban J connectivity index is 2.41. The number of benzene rings is 1. The van der Waals surface area contributed by atoms with Gasteiger partial charge in [0.2, 0.25) is 0 Å². The van der Waals surface area contributed by atoms with E-state index in [-0.39, 0.29) is 5.75 Å². The van der Waals surface area contributed by atoms with Crippen molar-refractivity contribution in [1.82, 2.24) is 0 Å². The molecule has 21 heavy (non-hydrogen) atoms. The summed E-state index contributed by atoms with van der Waals surface area (Å²) in [6.07, 6.45) is 4.05. The van der Waals surface area contributed by atoms with Crippen LogP contribution in [-0.2, 0) is 6.18 Å². The highest BCUT2D eigenvalue weighted by Crippen LogP contribution is 2.31. The Labute approximate surface area is 124 Å². The molecule has 4 heteroatoms. The number of halogens is 3. The van der Waals surface area contributed by atoms with Crippen molar-refractivity contribution in [3.05, 3.63) is 42.0 Å². The van der Waals surface area contributed by atoms with Gasteiger partial charge in [-0.05, 0) is 43.4 Å². The molecule has 0 aliphatic heterocycles. The Morgan fingerprint density at radius 1 is 1.24 bits per heavy atom. The summed E-state index contributed by atoms with van der Waals surface area (Å²) in [6, 6.07) is 4.99. The third-order valence-electron chi connectivity index (χ3n) is 3.31. The van der Waals surface area contributed by atoms with Crippen molar-refractivity contribution in [2.24, 2.45) is 5.92 Å². The zero-order valence-electron chi connectivity index (χ0n) is 12.6. The predicted octanol–water partition coefficient (Wildman–Crippen LogP) is 5.86. The molecule has 0 aliphatic rings. The summed E-state index contributed by atoms with van der Waals surface area (Å²) in [5.74, 6) is 0.849. The maximum absolute atomic E-state index is 12.5. The van der Waals surface area contributed by atoms with Gasteiger partial charge in [-0.2, -0.15) is 13.2 Å². The van der Waals surface area contributed by atoms with Gasteiger partial charge in [0.25, 0.3) is 0 Å². The highest BCUT2D eigenvalue weighted by Gasteiger charge is 2.30. The van der Waals surface area contributed by atoms with Crippen LogP contribution in [0, 0.1) is 5.92 Å². The molecule has 0 saturated heterocycles. The molecule has 118 valence electrons. The fraction of sp³-hybridized carbons (Fsp3) is 0.529. The van der Waals surface area contributed by atoms with Crippen LogP contribution in [0.15, 0.2) is 36.4 Å². The SMILES string of the molecule is CCCC(/C=C/CCOc1cccc(C(F)(F)F)c1)CC. The minimum Gasteiger partial charge on any atom is -0.493 e. The van der Waals surface area contributed by atoms with Gasteiger partial charge in [0.15, 0.2) is 0 Å². The van der Waals surface area contributed by atoms with E-state index in [1.807, 2.05) is 0 Å². The van der Waals surface area contributed by atoms with Gasteiger partial charge in [-0.1, -0.05) is 38.5 Å². The monoisotopic (exact) mass is 300 g/mol. The van der Waals surface area contributed by atoms with Gasteiger partial charge in [0.05, 0.1) is 12.2 Å². The summed E-state index contributed by atoms with van der Waals surface area (Å²) < 4.78 is 43.0. The minimum absolute atomic E-state index is 0.263. The van der Waals surface area contributed by atoms with Crippen molar-refractivity contribution < 1.29 is 17.9 Å². The van der Waals surface area contributed by atoms with Gasteiger partial charge in [-0.3, -0.25) is 0 Å². The predicted molar refractivity (Wildman–Crippen MR) is 79.4 cm³/mol. The van der Waals surface area contributed by atoms with Gasteiger partial charge in [-0.15, -0.1) is 0 Å². The summed E-state index contributed by atoms with van der Waals surface area (Å²) in [5, 5.41) is 0. The number of allylic oxidation sites excluding steroid dienone is 1. The second kappa shape index (κ2) is 8.75. The molecule has 1 atom stereocenters. The number of alkyl halides is 3. The number of ether oxygens (including phenoxy) is 1. The molecule has 0 bridgehead atoms. The molecule has 1 rings (SSSR count). The summed E-state index contributed by atoms with van der Waals surface area (Å²) in [7, 11) is 0. The molecule has 0 aromatic heterocycles. The first-order valence-corrected chi connectivity index (χ1v) is 7.44. The zero-order chi connectivity index (χ0) is 15.7. The lowest BCUT2D eigenvalue weighted by Crippen LogP contribution is -2.05. The normalized spacial score (nSPS) is 13.6. The molecular weight excluding hydrogens is 277 g/mol. The third kappa shape index (κ3) is 6.69. The van der Waals surface area contributed by atoms with E-state index in [1.165, 1.54) is 12.5 Å². The lowest BCUT2D eigenvalue weighted by atomic mass is 10.0. The summed E-state index contributed by atoms with van der Waals surface area (Å²) in [6.45, 7) is 4.71. The molecule has 0 N–H and O–H groups in total. The summed E-state index contributed by atoms with van der Waals surface area (Å²) in [4.78, 5) is 0. The summed E-state index contributed by atoms with van der Waals surface area (Å²) in [5.41, 5.74) is -0.676. The standard InChI is InChI=1S/C17H23F3O/c1-3-8-14(4-2)9-5-6-12-21-16-11-7-10-15(13-16)17(18,19)20/h5,7,9-11,13-14H,3-4,6,8,12H2,1-2H3/b9-5+. The van der Waals surface area contributed by atoms with E-state index in [0.29, 0.717) is 18.9 Å². The first-order valence-electron chi connectivity index (χ1n) is 7.44. The van der Waals surface area contributed by atoms with Gasteiger partial charge in [0.1, 0.15) is 5.75 Å². The zero-order valence-corrected chi connectivity index (χ0v) is 12.6. The average molecular weight is 300 g/mol. The fourth-order valence-electron chi connectivity index (χ4n) is 2.10. The van der Waals surface area contributed by atoms with Crippen LogP contribution in [0.3, 0.4) is 0 Å². The first kappa shape index (κ1) is 17.6. The smallest absolute Gasteiger partial charge is 0.416 e. The van der Waals surface area contributed by atoms with Crippen molar-refractivity contribution in [1.29, 1.82) is 0 Å². The molecule has 0 heterocycles. The van der Waals surface area contributed by atoms with Crippen molar-refractivity contribution >= 4 is 0 Å². The van der Waals surface area contributed by atoms with Crippen molar-refractivity contribution in [2.75, 3.05) is 6.61 Å². The molecule has 0 fully saturated rings. The molecule has 0 spiro atoms. The largest absolute Gasteiger partial charge is 0.493 e. The van der Waals surface area contributed by atoms with Gasteiger partial charge >= 0.3 is 6.18 Å². The van der Waals surface area contributed by atoms with Crippen LogP contribution in [0.25, 0.3) is 0 Å². The van der Waals surface area contributed by atoms with Crippen molar-refractivity contribution in [3.63, 3.8) is 0 Å². The fourth-order valence-corrected chi connectivity index (χ4v) is 2.10. The topological polar surface area (TPSA) is 9.23 Å². The highest BCUT2D eigenvalue weighted by atomic mass is 19.4. The van der Waals surface area contributed by atoms with Crippen LogP contribution < -0.4 is 4.74 Å². The third-order valence-corrected chi connectivity index (χ3v) is 3.31. The lowest BCUT2D eigenvalue weighted by Gasteiger charge is -2.10. The van der Waals surface area contributed by atoms with Crippen LogP contribution in [0.2, 0.25) is 0 Å². The highest BCUT2D eigenvalue weighted by molar-refractivity contribution is 5.30. The molecule has 0 radical (unpaired) electrons. The molecule has 1 unspecified atom stereocenters. The van der Waals surface area contributed by atoms with Crippen LogP contribution in [-0.4, -0.2) is 6.61 Å².